The number of rotatable bonds is 13. The van der Waals surface area contributed by atoms with Crippen LogP contribution in [-0.4, -0.2) is 47.8 Å². The lowest BCUT2D eigenvalue weighted by molar-refractivity contribution is 0.0600. The average molecular weight is 736 g/mol. The maximum atomic E-state index is 11.9. The van der Waals surface area contributed by atoms with Crippen molar-refractivity contribution in [2.45, 2.75) is 38.3 Å². The molecule has 9 heteroatoms. The average Bonchev–Trinajstić information content (AvgIpc) is 3.92. The number of ether oxygens (including phenoxy) is 1. The summed E-state index contributed by atoms with van der Waals surface area (Å²) >= 11 is 0. The third-order valence-corrected chi connectivity index (χ3v) is 10.2. The third-order valence-electron chi connectivity index (χ3n) is 10.2. The zero-order valence-electron chi connectivity index (χ0n) is 31.4. The molecule has 9 nitrogen and oxygen atoms in total. The normalized spacial score (nSPS) is 11.4. The number of hydrogen-bond acceptors (Lipinski definition) is 7. The van der Waals surface area contributed by atoms with E-state index in [9.17, 15) is 4.79 Å². The Morgan fingerprint density at radius 3 is 1.79 bits per heavy atom. The van der Waals surface area contributed by atoms with E-state index in [0.717, 1.165) is 64.2 Å². The predicted octanol–water partition coefficient (Wildman–Crippen LogP) is 9.28. The maximum absolute atomic E-state index is 11.9. The maximum Gasteiger partial charge on any atom is 0.339 e. The van der Waals surface area contributed by atoms with E-state index < -0.39 is 11.5 Å². The Morgan fingerprint density at radius 1 is 0.679 bits per heavy atom. The highest BCUT2D eigenvalue weighted by Crippen LogP contribution is 2.42. The van der Waals surface area contributed by atoms with Crippen molar-refractivity contribution in [3.63, 3.8) is 0 Å². The van der Waals surface area contributed by atoms with E-state index >= 15 is 0 Å². The molecule has 0 fully saturated rings. The first-order chi connectivity index (χ1) is 27.6. The largest absolute Gasteiger partial charge is 0.465 e. The zero-order chi connectivity index (χ0) is 38.3. The van der Waals surface area contributed by atoms with Crippen LogP contribution in [-0.2, 0) is 23.2 Å². The fourth-order valence-corrected chi connectivity index (χ4v) is 7.34. The number of benzene rings is 5. The minimum atomic E-state index is -0.824. The van der Waals surface area contributed by atoms with Crippen molar-refractivity contribution in [3.8, 4) is 33.9 Å². The van der Waals surface area contributed by atoms with E-state index in [0.29, 0.717) is 23.6 Å². The van der Waals surface area contributed by atoms with E-state index in [4.69, 9.17) is 14.9 Å². The Bertz CT molecular complexity index is 2420. The van der Waals surface area contributed by atoms with Crippen LogP contribution in [0.25, 0.3) is 33.9 Å². The molecule has 3 aromatic heterocycles. The van der Waals surface area contributed by atoms with Crippen molar-refractivity contribution in [1.29, 1.82) is 0 Å². The first-order valence-electron chi connectivity index (χ1n) is 18.8. The second-order valence-electron chi connectivity index (χ2n) is 13.7. The van der Waals surface area contributed by atoms with Gasteiger partial charge in [0.25, 0.3) is 0 Å². The highest BCUT2D eigenvalue weighted by Gasteiger charge is 2.41. The van der Waals surface area contributed by atoms with Gasteiger partial charge in [-0.25, -0.2) is 14.5 Å². The Hall–Kier alpha value is -7.00. The van der Waals surface area contributed by atoms with Gasteiger partial charge in [-0.15, -0.1) is 5.10 Å². The predicted molar refractivity (Wildman–Crippen MR) is 218 cm³/mol. The molecular formula is C47H41N7O2. The standard InChI is InChI=1S/C47H41N7O2/c1-3-4-20-44-49-43(42-30-29-38(31-48-42)46(55)56-2)33-53(44)32-34-21-23-35(24-22-34)36-25-27-37(28-26-36)45-50-51-52-54(45)47(39-14-8-5-9-15-39,40-16-10-6-11-17-40)41-18-12-7-13-19-41/h5-19,21-31,33H,3-4,20,32H2,1-2H3. The van der Waals surface area contributed by atoms with Crippen molar-refractivity contribution in [3.05, 3.63) is 198 Å². The zero-order valence-corrected chi connectivity index (χ0v) is 31.4. The summed E-state index contributed by atoms with van der Waals surface area (Å²) in [5.41, 5.74) is 8.52. The Morgan fingerprint density at radius 2 is 1.25 bits per heavy atom. The number of unbranched alkanes of at least 4 members (excludes halogenated alkanes) is 1. The lowest BCUT2D eigenvalue weighted by Crippen LogP contribution is -2.39. The molecule has 8 rings (SSSR count). The van der Waals surface area contributed by atoms with Crippen molar-refractivity contribution >= 4 is 5.97 Å². The minimum absolute atomic E-state index is 0.410. The molecule has 56 heavy (non-hydrogen) atoms. The van der Waals surface area contributed by atoms with Crippen molar-refractivity contribution in [1.82, 2.24) is 34.7 Å². The van der Waals surface area contributed by atoms with Crippen LogP contribution in [0.5, 0.6) is 0 Å². The Labute approximate surface area is 326 Å². The SMILES string of the molecule is CCCCc1nc(-c2ccc(C(=O)OC)cn2)cn1Cc1ccc(-c2ccc(-c3nnnn3C(c3ccccc3)(c3ccccc3)c3ccccc3)cc2)cc1. The van der Waals surface area contributed by atoms with Crippen LogP contribution in [0.1, 0.15) is 58.2 Å². The molecule has 0 saturated heterocycles. The monoisotopic (exact) mass is 735 g/mol. The van der Waals surface area contributed by atoms with E-state index in [1.165, 1.54) is 18.9 Å². The lowest BCUT2D eigenvalue weighted by atomic mass is 9.77. The number of aromatic nitrogens is 7. The molecule has 0 aliphatic heterocycles. The number of tetrazole rings is 1. The van der Waals surface area contributed by atoms with E-state index in [1.807, 2.05) is 35.1 Å². The first-order valence-corrected chi connectivity index (χ1v) is 18.8. The van der Waals surface area contributed by atoms with E-state index in [-0.39, 0.29) is 0 Å². The smallest absolute Gasteiger partial charge is 0.339 e. The van der Waals surface area contributed by atoms with Crippen LogP contribution < -0.4 is 0 Å². The number of nitrogens with zero attached hydrogens (tertiary/aromatic N) is 7. The van der Waals surface area contributed by atoms with Crippen LogP contribution in [0, 0.1) is 0 Å². The number of hydrogen-bond donors (Lipinski definition) is 0. The van der Waals surface area contributed by atoms with Crippen LogP contribution >= 0.6 is 0 Å². The molecule has 0 atom stereocenters. The summed E-state index contributed by atoms with van der Waals surface area (Å²) in [5.74, 6) is 1.27. The summed E-state index contributed by atoms with van der Waals surface area (Å²) in [4.78, 5) is 21.3. The third kappa shape index (κ3) is 7.02. The Balaban J connectivity index is 1.08. The molecule has 0 N–H and O–H groups in total. The van der Waals surface area contributed by atoms with Gasteiger partial charge in [0.05, 0.1) is 18.4 Å². The summed E-state index contributed by atoms with van der Waals surface area (Å²) in [5, 5.41) is 13.6. The number of imidazole rings is 1. The quantitative estimate of drug-likeness (QED) is 0.0860. The van der Waals surface area contributed by atoms with E-state index in [1.54, 1.807) is 6.07 Å². The molecule has 0 saturated carbocycles. The van der Waals surface area contributed by atoms with E-state index in [2.05, 4.69) is 148 Å². The van der Waals surface area contributed by atoms with Crippen molar-refractivity contribution in [2.24, 2.45) is 0 Å². The number of aryl methyl sites for hydroxylation is 1. The summed E-state index contributed by atoms with van der Waals surface area (Å²) in [6, 6.07) is 51.9. The van der Waals surface area contributed by atoms with Gasteiger partial charge in [0.15, 0.2) is 5.82 Å². The van der Waals surface area contributed by atoms with Gasteiger partial charge in [0, 0.05) is 30.9 Å². The lowest BCUT2D eigenvalue weighted by Gasteiger charge is -2.36. The van der Waals surface area contributed by atoms with Gasteiger partial charge < -0.3 is 9.30 Å². The highest BCUT2D eigenvalue weighted by atomic mass is 16.5. The number of pyridine rings is 1. The molecule has 8 aromatic rings. The summed E-state index contributed by atoms with van der Waals surface area (Å²) in [7, 11) is 1.36. The van der Waals surface area contributed by atoms with Gasteiger partial charge in [-0.1, -0.05) is 153 Å². The van der Waals surface area contributed by atoms with Crippen molar-refractivity contribution in [2.75, 3.05) is 7.11 Å². The molecule has 0 aliphatic carbocycles. The second kappa shape index (κ2) is 16.2. The van der Waals surface area contributed by atoms with Gasteiger partial charge in [0.2, 0.25) is 0 Å². The van der Waals surface area contributed by atoms with Crippen LogP contribution in [0.2, 0.25) is 0 Å². The Kier molecular flexibility index (Phi) is 10.4. The fraction of sp³-hybridized carbons (Fsp3) is 0.149. The summed E-state index contributed by atoms with van der Waals surface area (Å²) in [6.45, 7) is 2.86. The summed E-state index contributed by atoms with van der Waals surface area (Å²) < 4.78 is 8.99. The minimum Gasteiger partial charge on any atom is -0.465 e. The van der Waals surface area contributed by atoms with Crippen LogP contribution in [0.3, 0.4) is 0 Å². The topological polar surface area (TPSA) is 101 Å². The van der Waals surface area contributed by atoms with Gasteiger partial charge >= 0.3 is 5.97 Å². The molecule has 0 aliphatic rings. The number of carbonyl (C=O) groups is 1. The number of carbonyl (C=O) groups excluding carboxylic acids is 1. The molecule has 0 amide bonds. The molecule has 0 unspecified atom stereocenters. The van der Waals surface area contributed by atoms with Crippen LogP contribution in [0.15, 0.2) is 164 Å². The summed E-state index contributed by atoms with van der Waals surface area (Å²) in [6.07, 6.45) is 6.57. The molecule has 5 aromatic carbocycles. The first kappa shape index (κ1) is 36.0. The van der Waals surface area contributed by atoms with Gasteiger partial charge in [-0.05, 0) is 62.4 Å². The molecule has 0 spiro atoms. The second-order valence-corrected chi connectivity index (χ2v) is 13.7. The molecule has 276 valence electrons. The highest BCUT2D eigenvalue weighted by molar-refractivity contribution is 5.89. The molecule has 0 radical (unpaired) electrons. The van der Waals surface area contributed by atoms with Crippen molar-refractivity contribution < 1.29 is 9.53 Å². The molecule has 0 bridgehead atoms. The number of esters is 1. The number of methoxy groups -OCH3 is 1. The van der Waals surface area contributed by atoms with Crippen LogP contribution in [0.4, 0.5) is 0 Å². The van der Waals surface area contributed by atoms with Gasteiger partial charge in [-0.3, -0.25) is 4.98 Å². The van der Waals surface area contributed by atoms with Gasteiger partial charge in [0.1, 0.15) is 17.1 Å². The fourth-order valence-electron chi connectivity index (χ4n) is 7.34. The molecular weight excluding hydrogens is 695 g/mol. The van der Waals surface area contributed by atoms with Gasteiger partial charge in [-0.2, -0.15) is 0 Å². The molecule has 3 heterocycles.